The van der Waals surface area contributed by atoms with Crippen LogP contribution in [0, 0.1) is 13.8 Å². The second kappa shape index (κ2) is 6.86. The largest absolute Gasteiger partial charge is 1.00 e. The first-order valence-electron chi connectivity index (χ1n) is 5.57. The molecule has 0 aliphatic carbocycles. The maximum atomic E-state index is 2.32. The van der Waals surface area contributed by atoms with Gasteiger partial charge in [-0.2, -0.15) is 0 Å². The first-order valence-corrected chi connectivity index (χ1v) is 5.57. The Balaban J connectivity index is 0.00000196. The van der Waals surface area contributed by atoms with Crippen LogP contribution in [0.25, 0.3) is 0 Å². The summed E-state index contributed by atoms with van der Waals surface area (Å²) < 4.78 is 0. The molecule has 0 atom stereocenters. The van der Waals surface area contributed by atoms with E-state index in [1.807, 2.05) is 0 Å². The van der Waals surface area contributed by atoms with Crippen LogP contribution in [-0.2, 0) is 6.54 Å². The SMILES string of the molecule is CC[NH+](CC)Cc1cc(C)ccc1C.[Cl-]. The first kappa shape index (κ1) is 14.5. The second-order valence-electron chi connectivity index (χ2n) is 4.06. The summed E-state index contributed by atoms with van der Waals surface area (Å²) in [5.74, 6) is 0. The fourth-order valence-corrected chi connectivity index (χ4v) is 1.76. The smallest absolute Gasteiger partial charge is 0.103 e. The van der Waals surface area contributed by atoms with E-state index in [1.54, 1.807) is 4.90 Å². The molecule has 2 heteroatoms. The van der Waals surface area contributed by atoms with Crippen molar-refractivity contribution < 1.29 is 17.3 Å². The van der Waals surface area contributed by atoms with Crippen molar-refractivity contribution in [1.82, 2.24) is 0 Å². The highest BCUT2D eigenvalue weighted by Gasteiger charge is 2.06. The van der Waals surface area contributed by atoms with Crippen molar-refractivity contribution in [2.75, 3.05) is 13.1 Å². The molecule has 1 N–H and O–H groups in total. The van der Waals surface area contributed by atoms with Crippen LogP contribution in [-0.4, -0.2) is 13.1 Å². The summed E-state index contributed by atoms with van der Waals surface area (Å²) >= 11 is 0. The van der Waals surface area contributed by atoms with Gasteiger partial charge in [-0.3, -0.25) is 0 Å². The van der Waals surface area contributed by atoms with Crippen LogP contribution in [0.1, 0.15) is 30.5 Å². The Kier molecular flexibility index (Phi) is 6.62. The molecule has 1 aromatic rings. The number of quaternary nitrogens is 1. The topological polar surface area (TPSA) is 4.44 Å². The van der Waals surface area contributed by atoms with Gasteiger partial charge in [0.25, 0.3) is 0 Å². The summed E-state index contributed by atoms with van der Waals surface area (Å²) in [4.78, 5) is 1.65. The van der Waals surface area contributed by atoms with E-state index in [0.717, 1.165) is 0 Å². The van der Waals surface area contributed by atoms with Gasteiger partial charge < -0.3 is 17.3 Å². The maximum absolute atomic E-state index is 2.32. The quantitative estimate of drug-likeness (QED) is 0.655. The summed E-state index contributed by atoms with van der Waals surface area (Å²) in [7, 11) is 0. The van der Waals surface area contributed by atoms with Crippen LogP contribution < -0.4 is 17.3 Å². The van der Waals surface area contributed by atoms with Gasteiger partial charge in [0.2, 0.25) is 0 Å². The van der Waals surface area contributed by atoms with Crippen molar-refractivity contribution >= 4 is 0 Å². The van der Waals surface area contributed by atoms with E-state index in [9.17, 15) is 0 Å². The van der Waals surface area contributed by atoms with Crippen molar-refractivity contribution in [3.63, 3.8) is 0 Å². The molecule has 0 bridgehead atoms. The third kappa shape index (κ3) is 4.23. The van der Waals surface area contributed by atoms with Gasteiger partial charge in [0, 0.05) is 5.56 Å². The predicted molar refractivity (Wildman–Crippen MR) is 61.7 cm³/mol. The molecule has 86 valence electrons. The lowest BCUT2D eigenvalue weighted by molar-refractivity contribution is -0.910. The van der Waals surface area contributed by atoms with Crippen molar-refractivity contribution in [1.29, 1.82) is 0 Å². The monoisotopic (exact) mass is 227 g/mol. The van der Waals surface area contributed by atoms with Crippen molar-refractivity contribution in [3.8, 4) is 0 Å². The lowest BCUT2D eigenvalue weighted by atomic mass is 10.1. The summed E-state index contributed by atoms with van der Waals surface area (Å²) in [6, 6.07) is 6.74. The van der Waals surface area contributed by atoms with E-state index in [0.29, 0.717) is 0 Å². The average Bonchev–Trinajstić information content (AvgIpc) is 2.19. The third-order valence-corrected chi connectivity index (χ3v) is 2.95. The molecule has 0 amide bonds. The van der Waals surface area contributed by atoms with Gasteiger partial charge in [0.15, 0.2) is 0 Å². The Morgan fingerprint density at radius 1 is 1.07 bits per heavy atom. The van der Waals surface area contributed by atoms with E-state index in [1.165, 1.54) is 36.3 Å². The lowest BCUT2D eigenvalue weighted by Gasteiger charge is -2.17. The first-order chi connectivity index (χ1) is 6.67. The highest BCUT2D eigenvalue weighted by molar-refractivity contribution is 5.29. The molecule has 0 fully saturated rings. The van der Waals surface area contributed by atoms with Crippen molar-refractivity contribution in [2.24, 2.45) is 0 Å². The fourth-order valence-electron chi connectivity index (χ4n) is 1.76. The van der Waals surface area contributed by atoms with Crippen LogP contribution in [0.3, 0.4) is 0 Å². The average molecular weight is 228 g/mol. The zero-order valence-electron chi connectivity index (χ0n) is 10.2. The molecule has 0 spiro atoms. The lowest BCUT2D eigenvalue weighted by Crippen LogP contribution is -3.10. The number of rotatable bonds is 4. The van der Waals surface area contributed by atoms with Gasteiger partial charge in [-0.25, -0.2) is 0 Å². The Bertz CT molecular complexity index is 293. The highest BCUT2D eigenvalue weighted by atomic mass is 35.5. The molecule has 0 saturated heterocycles. The van der Waals surface area contributed by atoms with Gasteiger partial charge in [-0.15, -0.1) is 0 Å². The number of hydrogen-bond acceptors (Lipinski definition) is 0. The third-order valence-electron chi connectivity index (χ3n) is 2.95. The minimum atomic E-state index is 0. The standard InChI is InChI=1S/C13H21N.ClH/c1-5-14(6-2)10-13-9-11(3)7-8-12(13)4;/h7-9H,5-6,10H2,1-4H3;1H. The molecule has 0 saturated carbocycles. The molecule has 1 rings (SSSR count). The Morgan fingerprint density at radius 2 is 1.67 bits per heavy atom. The molecule has 0 aliphatic heterocycles. The Morgan fingerprint density at radius 3 is 2.20 bits per heavy atom. The number of benzene rings is 1. The second-order valence-corrected chi connectivity index (χ2v) is 4.06. The predicted octanol–water partition coefficient (Wildman–Crippen LogP) is -1.27. The number of aryl methyl sites for hydroxylation is 2. The van der Waals surface area contributed by atoms with Gasteiger partial charge in [0.1, 0.15) is 6.54 Å². The molecule has 0 heterocycles. The number of hydrogen-bond donors (Lipinski definition) is 1. The van der Waals surface area contributed by atoms with Gasteiger partial charge in [-0.1, -0.05) is 23.8 Å². The van der Waals surface area contributed by atoms with Crippen molar-refractivity contribution in [3.05, 3.63) is 34.9 Å². The number of nitrogens with one attached hydrogen (secondary N) is 1. The molecule has 15 heavy (non-hydrogen) atoms. The van der Waals surface area contributed by atoms with Gasteiger partial charge in [0.05, 0.1) is 13.1 Å². The number of halogens is 1. The maximum Gasteiger partial charge on any atom is 0.103 e. The van der Waals surface area contributed by atoms with E-state index in [4.69, 9.17) is 0 Å². The van der Waals surface area contributed by atoms with E-state index in [2.05, 4.69) is 45.9 Å². The summed E-state index contributed by atoms with van der Waals surface area (Å²) in [5.41, 5.74) is 4.30. The van der Waals surface area contributed by atoms with Gasteiger partial charge >= 0.3 is 0 Å². The van der Waals surface area contributed by atoms with Crippen LogP contribution in [0.5, 0.6) is 0 Å². The fraction of sp³-hybridized carbons (Fsp3) is 0.538. The molecule has 0 radical (unpaired) electrons. The van der Waals surface area contributed by atoms with E-state index >= 15 is 0 Å². The summed E-state index contributed by atoms with van der Waals surface area (Å²) in [5, 5.41) is 0. The zero-order valence-corrected chi connectivity index (χ0v) is 11.0. The van der Waals surface area contributed by atoms with Gasteiger partial charge in [-0.05, 0) is 33.3 Å². The molecule has 0 aromatic heterocycles. The van der Waals surface area contributed by atoms with Crippen LogP contribution in [0.4, 0.5) is 0 Å². The van der Waals surface area contributed by atoms with E-state index in [-0.39, 0.29) is 12.4 Å². The molecule has 0 aliphatic rings. The van der Waals surface area contributed by atoms with Crippen LogP contribution >= 0.6 is 0 Å². The molecule has 1 aromatic carbocycles. The van der Waals surface area contributed by atoms with Crippen LogP contribution in [0.15, 0.2) is 18.2 Å². The normalized spacial score (nSPS) is 10.2. The minimum Gasteiger partial charge on any atom is -1.00 e. The summed E-state index contributed by atoms with van der Waals surface area (Å²) in [6.07, 6.45) is 0. The minimum absolute atomic E-state index is 0. The summed E-state index contributed by atoms with van der Waals surface area (Å²) in [6.45, 7) is 12.5. The Labute approximate surface area is 99.9 Å². The molecule has 0 unspecified atom stereocenters. The zero-order chi connectivity index (χ0) is 10.6. The van der Waals surface area contributed by atoms with Crippen molar-refractivity contribution in [2.45, 2.75) is 34.2 Å². The van der Waals surface area contributed by atoms with E-state index < -0.39 is 0 Å². The Hall–Kier alpha value is -0.530. The molecule has 1 nitrogen and oxygen atoms in total. The highest BCUT2D eigenvalue weighted by Crippen LogP contribution is 2.08. The van der Waals surface area contributed by atoms with Crippen LogP contribution in [0.2, 0.25) is 0 Å². The molecular formula is C13H22ClN. The molecular weight excluding hydrogens is 206 g/mol.